The van der Waals surface area contributed by atoms with Crippen molar-refractivity contribution in [3.63, 3.8) is 0 Å². The van der Waals surface area contributed by atoms with Crippen molar-refractivity contribution in [1.29, 1.82) is 0 Å². The maximum atomic E-state index is 4.76. The fourth-order valence-corrected chi connectivity index (χ4v) is 3.10. The van der Waals surface area contributed by atoms with Crippen molar-refractivity contribution >= 4 is 17.3 Å². The van der Waals surface area contributed by atoms with Crippen LogP contribution in [0.1, 0.15) is 12.1 Å². The molecule has 1 fully saturated rings. The van der Waals surface area contributed by atoms with Gasteiger partial charge in [0, 0.05) is 25.0 Å². The van der Waals surface area contributed by atoms with Gasteiger partial charge in [-0.2, -0.15) is 0 Å². The standard InChI is InChI=1S/C15H16N4/c1-11-5-6-13-15(17-11)19(12-7-9-18(13)10-12)14-4-2-3-8-16-14/h2-6,8,12H,7,9-10H2,1H3. The normalized spacial score (nSPS) is 20.6. The number of aryl methyl sites for hydroxylation is 1. The van der Waals surface area contributed by atoms with E-state index in [4.69, 9.17) is 4.98 Å². The van der Waals surface area contributed by atoms with E-state index in [1.54, 1.807) is 0 Å². The van der Waals surface area contributed by atoms with Crippen LogP contribution in [0.4, 0.5) is 17.3 Å². The maximum absolute atomic E-state index is 4.76. The lowest BCUT2D eigenvalue weighted by molar-refractivity contribution is 0.691. The molecule has 0 radical (unpaired) electrons. The second-order valence-corrected chi connectivity index (χ2v) is 5.24. The van der Waals surface area contributed by atoms with Crippen molar-refractivity contribution in [2.24, 2.45) is 0 Å². The fraction of sp³-hybridized carbons (Fsp3) is 0.333. The number of hydrogen-bond donors (Lipinski definition) is 0. The fourth-order valence-electron chi connectivity index (χ4n) is 3.10. The van der Waals surface area contributed by atoms with Gasteiger partial charge >= 0.3 is 0 Å². The first-order valence-corrected chi connectivity index (χ1v) is 6.76. The quantitative estimate of drug-likeness (QED) is 0.780. The molecule has 2 bridgehead atoms. The first-order valence-electron chi connectivity index (χ1n) is 6.76. The molecular weight excluding hydrogens is 236 g/mol. The summed E-state index contributed by atoms with van der Waals surface area (Å²) in [6.45, 7) is 4.24. The minimum Gasteiger partial charge on any atom is -0.366 e. The summed E-state index contributed by atoms with van der Waals surface area (Å²) in [5.74, 6) is 2.07. The van der Waals surface area contributed by atoms with Crippen LogP contribution in [0.2, 0.25) is 0 Å². The highest BCUT2D eigenvalue weighted by molar-refractivity contribution is 5.77. The summed E-state index contributed by atoms with van der Waals surface area (Å²) >= 11 is 0. The molecule has 0 saturated carbocycles. The molecular formula is C15H16N4. The van der Waals surface area contributed by atoms with Crippen molar-refractivity contribution in [1.82, 2.24) is 9.97 Å². The van der Waals surface area contributed by atoms with E-state index in [0.29, 0.717) is 6.04 Å². The molecule has 19 heavy (non-hydrogen) atoms. The van der Waals surface area contributed by atoms with E-state index in [1.807, 2.05) is 25.3 Å². The molecule has 4 heterocycles. The zero-order valence-electron chi connectivity index (χ0n) is 11.0. The lowest BCUT2D eigenvalue weighted by Crippen LogP contribution is -2.40. The highest BCUT2D eigenvalue weighted by atomic mass is 15.4. The van der Waals surface area contributed by atoms with Crippen LogP contribution >= 0.6 is 0 Å². The Kier molecular flexibility index (Phi) is 2.24. The highest BCUT2D eigenvalue weighted by Crippen LogP contribution is 2.42. The second kappa shape index (κ2) is 3.95. The van der Waals surface area contributed by atoms with Gasteiger partial charge in [0.2, 0.25) is 0 Å². The third-order valence-corrected chi connectivity index (χ3v) is 3.99. The topological polar surface area (TPSA) is 32.3 Å². The molecule has 2 aromatic heterocycles. The molecule has 0 N–H and O–H groups in total. The molecule has 1 unspecified atom stereocenters. The van der Waals surface area contributed by atoms with Gasteiger partial charge in [0.25, 0.3) is 0 Å². The first kappa shape index (κ1) is 10.8. The summed E-state index contributed by atoms with van der Waals surface area (Å²) in [5, 5.41) is 0. The number of hydrogen-bond acceptors (Lipinski definition) is 4. The lowest BCUT2D eigenvalue weighted by atomic mass is 10.1. The SMILES string of the molecule is Cc1ccc2c(n1)N(c1ccccn1)C1CCN2C1. The second-order valence-electron chi connectivity index (χ2n) is 5.24. The van der Waals surface area contributed by atoms with Gasteiger partial charge in [0.15, 0.2) is 5.82 Å². The van der Waals surface area contributed by atoms with E-state index >= 15 is 0 Å². The van der Waals surface area contributed by atoms with Crippen molar-refractivity contribution in [3.05, 3.63) is 42.2 Å². The Morgan fingerprint density at radius 3 is 3.00 bits per heavy atom. The molecule has 96 valence electrons. The van der Waals surface area contributed by atoms with Gasteiger partial charge < -0.3 is 9.80 Å². The van der Waals surface area contributed by atoms with Crippen LogP contribution in [0.3, 0.4) is 0 Å². The van der Waals surface area contributed by atoms with Crippen molar-refractivity contribution < 1.29 is 0 Å². The summed E-state index contributed by atoms with van der Waals surface area (Å²) in [6, 6.07) is 10.8. The predicted octanol–water partition coefficient (Wildman–Crippen LogP) is 2.52. The van der Waals surface area contributed by atoms with Gasteiger partial charge in [0.05, 0.1) is 11.7 Å². The smallest absolute Gasteiger partial charge is 0.158 e. The molecule has 0 aliphatic carbocycles. The minimum absolute atomic E-state index is 0.497. The first-order chi connectivity index (χ1) is 9.33. The van der Waals surface area contributed by atoms with E-state index in [2.05, 4.69) is 33.0 Å². The minimum atomic E-state index is 0.497. The van der Waals surface area contributed by atoms with Gasteiger partial charge in [-0.15, -0.1) is 0 Å². The van der Waals surface area contributed by atoms with Crippen LogP contribution in [-0.4, -0.2) is 29.1 Å². The maximum Gasteiger partial charge on any atom is 0.158 e. The summed E-state index contributed by atoms with van der Waals surface area (Å²) in [4.78, 5) is 14.0. The Labute approximate surface area is 112 Å². The molecule has 2 aliphatic rings. The summed E-state index contributed by atoms with van der Waals surface area (Å²) in [7, 11) is 0. The number of pyridine rings is 2. The average Bonchev–Trinajstić information content (AvgIpc) is 2.85. The zero-order chi connectivity index (χ0) is 12.8. The van der Waals surface area contributed by atoms with Crippen LogP contribution in [0.15, 0.2) is 36.5 Å². The number of nitrogens with zero attached hydrogens (tertiary/aromatic N) is 4. The molecule has 2 aliphatic heterocycles. The van der Waals surface area contributed by atoms with E-state index in [9.17, 15) is 0 Å². The largest absolute Gasteiger partial charge is 0.366 e. The monoisotopic (exact) mass is 252 g/mol. The van der Waals surface area contributed by atoms with Gasteiger partial charge in [0.1, 0.15) is 5.82 Å². The van der Waals surface area contributed by atoms with E-state index < -0.39 is 0 Å². The Morgan fingerprint density at radius 1 is 1.21 bits per heavy atom. The Morgan fingerprint density at radius 2 is 2.16 bits per heavy atom. The summed E-state index contributed by atoms with van der Waals surface area (Å²) < 4.78 is 0. The van der Waals surface area contributed by atoms with E-state index in [0.717, 1.165) is 30.4 Å². The summed E-state index contributed by atoms with van der Waals surface area (Å²) in [6.07, 6.45) is 3.03. The third-order valence-electron chi connectivity index (χ3n) is 3.99. The van der Waals surface area contributed by atoms with Gasteiger partial charge in [-0.25, -0.2) is 9.97 Å². The summed E-state index contributed by atoms with van der Waals surface area (Å²) in [5.41, 5.74) is 2.30. The van der Waals surface area contributed by atoms with Crippen molar-refractivity contribution in [3.8, 4) is 0 Å². The van der Waals surface area contributed by atoms with E-state index in [-0.39, 0.29) is 0 Å². The van der Waals surface area contributed by atoms with Crippen LogP contribution in [0, 0.1) is 6.92 Å². The van der Waals surface area contributed by atoms with Crippen LogP contribution in [0.5, 0.6) is 0 Å². The molecule has 4 nitrogen and oxygen atoms in total. The number of aromatic nitrogens is 2. The highest BCUT2D eigenvalue weighted by Gasteiger charge is 2.37. The molecule has 2 aromatic rings. The molecule has 4 rings (SSSR count). The van der Waals surface area contributed by atoms with Crippen LogP contribution < -0.4 is 9.80 Å². The van der Waals surface area contributed by atoms with Crippen LogP contribution in [0.25, 0.3) is 0 Å². The molecule has 0 spiro atoms. The average molecular weight is 252 g/mol. The Bertz CT molecular complexity index is 611. The number of anilines is 3. The molecule has 4 heteroatoms. The molecule has 1 atom stereocenters. The predicted molar refractivity (Wildman–Crippen MR) is 76.0 cm³/mol. The third kappa shape index (κ3) is 1.59. The van der Waals surface area contributed by atoms with Crippen molar-refractivity contribution in [2.75, 3.05) is 22.9 Å². The number of rotatable bonds is 1. The van der Waals surface area contributed by atoms with E-state index in [1.165, 1.54) is 12.1 Å². The zero-order valence-corrected chi connectivity index (χ0v) is 11.0. The lowest BCUT2D eigenvalue weighted by Gasteiger charge is -2.36. The van der Waals surface area contributed by atoms with Crippen molar-refractivity contribution in [2.45, 2.75) is 19.4 Å². The Hall–Kier alpha value is -2.10. The van der Waals surface area contributed by atoms with Gasteiger partial charge in [-0.1, -0.05) is 6.07 Å². The number of fused-ring (bicyclic) bond motifs is 4. The Balaban J connectivity index is 1.90. The van der Waals surface area contributed by atoms with Gasteiger partial charge in [-0.3, -0.25) is 0 Å². The van der Waals surface area contributed by atoms with Gasteiger partial charge in [-0.05, 0) is 37.6 Å². The van der Waals surface area contributed by atoms with Crippen LogP contribution in [-0.2, 0) is 0 Å². The molecule has 0 aromatic carbocycles. The molecule has 0 amide bonds. The molecule has 1 saturated heterocycles.